The van der Waals surface area contributed by atoms with Crippen LogP contribution in [0.15, 0.2) is 60.7 Å². The van der Waals surface area contributed by atoms with E-state index in [2.05, 4.69) is 9.24 Å². The van der Waals surface area contributed by atoms with E-state index in [1.54, 1.807) is 30.3 Å². The molecule has 5 heteroatoms. The van der Waals surface area contributed by atoms with Crippen molar-refractivity contribution >= 4 is 31.8 Å². The second-order valence-corrected chi connectivity index (χ2v) is 6.34. The van der Waals surface area contributed by atoms with Gasteiger partial charge >= 0.3 is 5.97 Å². The van der Waals surface area contributed by atoms with Gasteiger partial charge in [0.05, 0.1) is 5.56 Å². The number of hydrogen-bond acceptors (Lipinski definition) is 3. The highest BCUT2D eigenvalue weighted by Crippen LogP contribution is 2.23. The van der Waals surface area contributed by atoms with Crippen molar-refractivity contribution in [1.29, 1.82) is 5.41 Å². The predicted molar refractivity (Wildman–Crippen MR) is 105 cm³/mol. The fourth-order valence-electron chi connectivity index (χ4n) is 2.59. The lowest BCUT2D eigenvalue weighted by atomic mass is 10.1. The Balaban J connectivity index is 1.78. The van der Waals surface area contributed by atoms with Crippen LogP contribution in [0.2, 0.25) is 0 Å². The average molecular weight is 350 g/mol. The largest absolute Gasteiger partial charge is 0.423 e. The Bertz CT molecular complexity index is 936. The summed E-state index contributed by atoms with van der Waals surface area (Å²) in [7, 11) is 2.69. The number of amidine groups is 1. The van der Waals surface area contributed by atoms with E-state index in [0.29, 0.717) is 16.9 Å². The molecule has 4 nitrogen and oxygen atoms in total. The fraction of sp³-hybridized carbons (Fsp3) is 0.100. The highest BCUT2D eigenvalue weighted by Gasteiger charge is 2.09. The zero-order chi connectivity index (χ0) is 17.8. The Hall–Kier alpha value is -2.71. The summed E-state index contributed by atoms with van der Waals surface area (Å²) in [5, 5.41) is 9.35. The Morgan fingerprint density at radius 3 is 2.28 bits per heavy atom. The molecule has 1 atom stereocenters. The van der Waals surface area contributed by atoms with Crippen LogP contribution in [0.3, 0.4) is 0 Å². The molecule has 25 heavy (non-hydrogen) atoms. The molecule has 0 saturated heterocycles. The molecule has 0 amide bonds. The van der Waals surface area contributed by atoms with Crippen molar-refractivity contribution < 1.29 is 9.53 Å². The van der Waals surface area contributed by atoms with Crippen LogP contribution in [-0.4, -0.2) is 18.0 Å². The van der Waals surface area contributed by atoms with Gasteiger partial charge in [0.25, 0.3) is 0 Å². The molecule has 0 aliphatic carbocycles. The molecule has 0 radical (unpaired) electrons. The van der Waals surface area contributed by atoms with Gasteiger partial charge in [0.15, 0.2) is 0 Å². The number of rotatable bonds is 5. The van der Waals surface area contributed by atoms with Gasteiger partial charge in [0.1, 0.15) is 11.6 Å². The van der Waals surface area contributed by atoms with Crippen molar-refractivity contribution in [1.82, 2.24) is 0 Å². The zero-order valence-electron chi connectivity index (χ0n) is 13.7. The maximum atomic E-state index is 12.3. The number of aryl methyl sites for hydroxylation is 1. The maximum absolute atomic E-state index is 12.3. The van der Waals surface area contributed by atoms with Crippen molar-refractivity contribution in [2.24, 2.45) is 5.73 Å². The van der Waals surface area contributed by atoms with E-state index in [1.165, 1.54) is 5.56 Å². The summed E-state index contributed by atoms with van der Waals surface area (Å²) >= 11 is 0. The van der Waals surface area contributed by atoms with Gasteiger partial charge in [-0.2, -0.15) is 0 Å². The molecule has 0 fully saturated rings. The van der Waals surface area contributed by atoms with Gasteiger partial charge in [-0.3, -0.25) is 5.41 Å². The van der Waals surface area contributed by atoms with E-state index in [0.717, 1.165) is 23.4 Å². The molecule has 3 aromatic carbocycles. The third kappa shape index (κ3) is 4.04. The van der Waals surface area contributed by atoms with Crippen molar-refractivity contribution in [3.05, 3.63) is 77.4 Å². The van der Waals surface area contributed by atoms with Crippen LogP contribution in [0.5, 0.6) is 5.75 Å². The summed E-state index contributed by atoms with van der Waals surface area (Å²) < 4.78 is 5.48. The van der Waals surface area contributed by atoms with Crippen molar-refractivity contribution in [3.8, 4) is 5.75 Å². The van der Waals surface area contributed by atoms with Gasteiger partial charge in [-0.1, -0.05) is 30.3 Å². The van der Waals surface area contributed by atoms with Crippen LogP contribution in [0, 0.1) is 5.41 Å². The average Bonchev–Trinajstić information content (AvgIpc) is 2.62. The number of carbonyl (C=O) groups excluding carboxylic acids is 1. The lowest BCUT2D eigenvalue weighted by molar-refractivity contribution is 0.0735. The van der Waals surface area contributed by atoms with E-state index >= 15 is 0 Å². The normalized spacial score (nSPS) is 10.6. The third-order valence-corrected chi connectivity index (χ3v) is 4.24. The van der Waals surface area contributed by atoms with Crippen LogP contribution in [0.4, 0.5) is 0 Å². The summed E-state index contributed by atoms with van der Waals surface area (Å²) in [4.78, 5) is 12.3. The van der Waals surface area contributed by atoms with Crippen LogP contribution in [-0.2, 0) is 6.42 Å². The van der Waals surface area contributed by atoms with Crippen molar-refractivity contribution in [2.75, 3.05) is 6.16 Å². The molecular formula is C20H19N2O2P. The summed E-state index contributed by atoms with van der Waals surface area (Å²) in [6.07, 6.45) is 1.96. The number of fused-ring (bicyclic) bond motifs is 1. The SMILES string of the molecule is N=C(N)c1ccc2cc(OC(=O)c3ccc(CCP)cc3)ccc2c1. The number of esters is 1. The first kappa shape index (κ1) is 17.1. The minimum atomic E-state index is -0.378. The molecular weight excluding hydrogens is 331 g/mol. The van der Waals surface area contributed by atoms with E-state index in [-0.39, 0.29) is 11.8 Å². The lowest BCUT2D eigenvalue weighted by Gasteiger charge is -2.07. The number of nitrogens with one attached hydrogen (secondary N) is 1. The molecule has 0 aliphatic heterocycles. The molecule has 0 saturated carbocycles. The molecule has 0 bridgehead atoms. The molecule has 0 aliphatic rings. The van der Waals surface area contributed by atoms with Gasteiger partial charge < -0.3 is 10.5 Å². The lowest BCUT2D eigenvalue weighted by Crippen LogP contribution is -2.10. The third-order valence-electron chi connectivity index (χ3n) is 3.96. The highest BCUT2D eigenvalue weighted by molar-refractivity contribution is 7.16. The van der Waals surface area contributed by atoms with E-state index < -0.39 is 0 Å². The highest BCUT2D eigenvalue weighted by atomic mass is 31.0. The zero-order valence-corrected chi connectivity index (χ0v) is 14.8. The number of carbonyl (C=O) groups is 1. The van der Waals surface area contributed by atoms with Crippen LogP contribution in [0.1, 0.15) is 21.5 Å². The van der Waals surface area contributed by atoms with Crippen LogP contribution < -0.4 is 10.5 Å². The molecule has 0 heterocycles. The first-order chi connectivity index (χ1) is 12.1. The first-order valence-corrected chi connectivity index (χ1v) is 8.78. The smallest absolute Gasteiger partial charge is 0.343 e. The minimum Gasteiger partial charge on any atom is -0.423 e. The molecule has 3 aromatic rings. The van der Waals surface area contributed by atoms with Crippen LogP contribution >= 0.6 is 9.24 Å². The van der Waals surface area contributed by atoms with Gasteiger partial charge in [0.2, 0.25) is 0 Å². The van der Waals surface area contributed by atoms with Crippen LogP contribution in [0.25, 0.3) is 10.8 Å². The molecule has 3 N–H and O–H groups in total. The van der Waals surface area contributed by atoms with Crippen molar-refractivity contribution in [2.45, 2.75) is 6.42 Å². The second kappa shape index (κ2) is 7.45. The Kier molecular flexibility index (Phi) is 5.11. The standard InChI is InChI=1S/C20H19N2O2P/c21-19(22)17-6-5-16-12-18(8-7-15(16)11-17)24-20(23)14-3-1-13(2-4-14)9-10-25/h1-8,11-12H,9-10,25H2,(H3,21,22). The topological polar surface area (TPSA) is 76.2 Å². The summed E-state index contributed by atoms with van der Waals surface area (Å²) in [5.41, 5.74) is 7.90. The van der Waals surface area contributed by atoms with E-state index in [1.807, 2.05) is 30.3 Å². The van der Waals surface area contributed by atoms with E-state index in [4.69, 9.17) is 15.9 Å². The molecule has 3 rings (SSSR count). The number of ether oxygens (including phenoxy) is 1. The molecule has 126 valence electrons. The minimum absolute atomic E-state index is 0.0301. The summed E-state index contributed by atoms with van der Waals surface area (Å²) in [6.45, 7) is 0. The maximum Gasteiger partial charge on any atom is 0.343 e. The Labute approximate surface area is 148 Å². The van der Waals surface area contributed by atoms with Gasteiger partial charge in [-0.25, -0.2) is 4.79 Å². The Morgan fingerprint density at radius 2 is 1.60 bits per heavy atom. The van der Waals surface area contributed by atoms with Gasteiger partial charge in [0, 0.05) is 5.56 Å². The second-order valence-electron chi connectivity index (χ2n) is 5.76. The van der Waals surface area contributed by atoms with Gasteiger partial charge in [-0.15, -0.1) is 9.24 Å². The molecule has 0 aromatic heterocycles. The molecule has 1 unspecified atom stereocenters. The number of nitrogen functional groups attached to an aromatic ring is 1. The summed E-state index contributed by atoms with van der Waals surface area (Å²) in [5.74, 6) is 0.141. The number of hydrogen-bond donors (Lipinski definition) is 2. The fourth-order valence-corrected chi connectivity index (χ4v) is 2.93. The predicted octanol–water partition coefficient (Wildman–Crippen LogP) is 3.76. The van der Waals surface area contributed by atoms with Gasteiger partial charge in [-0.05, 0) is 59.3 Å². The quantitative estimate of drug-likeness (QED) is 0.242. The first-order valence-electron chi connectivity index (χ1n) is 7.96. The van der Waals surface area contributed by atoms with Crippen molar-refractivity contribution in [3.63, 3.8) is 0 Å². The summed E-state index contributed by atoms with van der Waals surface area (Å²) in [6, 6.07) is 18.4. The monoisotopic (exact) mass is 350 g/mol. The Morgan fingerprint density at radius 1 is 0.960 bits per heavy atom. The van der Waals surface area contributed by atoms with E-state index in [9.17, 15) is 4.79 Å². The number of nitrogens with two attached hydrogens (primary N) is 1. The number of benzene rings is 3. The molecule has 0 spiro atoms.